The molecule has 0 fully saturated rings. The summed E-state index contributed by atoms with van der Waals surface area (Å²) in [5.74, 6) is 5.44. The molecule has 0 saturated heterocycles. The third kappa shape index (κ3) is 2.80. The average molecular weight is 259 g/mol. The van der Waals surface area contributed by atoms with Gasteiger partial charge in [0, 0.05) is 11.4 Å². The quantitative estimate of drug-likeness (QED) is 0.658. The molecule has 1 aromatic carbocycles. The van der Waals surface area contributed by atoms with Crippen molar-refractivity contribution in [1.29, 1.82) is 0 Å². The number of aromatic nitrogens is 1. The van der Waals surface area contributed by atoms with Gasteiger partial charge in [0.1, 0.15) is 5.82 Å². The molecule has 4 heteroatoms. The topological polar surface area (TPSA) is 50.9 Å². The zero-order valence-corrected chi connectivity index (χ0v) is 11.4. The van der Waals surface area contributed by atoms with Gasteiger partial charge in [-0.3, -0.25) is 10.8 Å². The van der Waals surface area contributed by atoms with Crippen LogP contribution in [0.1, 0.15) is 34.1 Å². The van der Waals surface area contributed by atoms with E-state index in [-0.39, 0.29) is 11.9 Å². The lowest BCUT2D eigenvalue weighted by atomic mass is 9.94. The van der Waals surface area contributed by atoms with Gasteiger partial charge < -0.3 is 0 Å². The molecule has 0 amide bonds. The average Bonchev–Trinajstić information content (AvgIpc) is 2.34. The van der Waals surface area contributed by atoms with E-state index in [0.717, 1.165) is 28.1 Å². The molecule has 0 radical (unpaired) electrons. The second kappa shape index (κ2) is 5.47. The fraction of sp³-hybridized carbons (Fsp3) is 0.267. The Hall–Kier alpha value is -1.78. The Labute approximate surface area is 112 Å². The number of nitrogens with zero attached hydrogens (tertiary/aromatic N) is 1. The standard InChI is InChI=1S/C15H18FN3/c1-9-8-12(16)5-7-13(9)15(19-17)14-6-4-10(2)18-11(14)3/h4-8,15,19H,17H2,1-3H3. The van der Waals surface area contributed by atoms with Crippen LogP contribution in [-0.2, 0) is 0 Å². The van der Waals surface area contributed by atoms with Crippen LogP contribution < -0.4 is 11.3 Å². The van der Waals surface area contributed by atoms with Crippen molar-refractivity contribution in [2.45, 2.75) is 26.8 Å². The van der Waals surface area contributed by atoms with Crippen molar-refractivity contribution in [3.63, 3.8) is 0 Å². The number of hydrogen-bond acceptors (Lipinski definition) is 3. The first kappa shape index (κ1) is 13.6. The number of hydrazine groups is 1. The largest absolute Gasteiger partial charge is 0.271 e. The van der Waals surface area contributed by atoms with Gasteiger partial charge in [-0.05, 0) is 55.7 Å². The molecular formula is C15H18FN3. The maximum absolute atomic E-state index is 13.2. The monoisotopic (exact) mass is 259 g/mol. The minimum absolute atomic E-state index is 0.186. The normalized spacial score (nSPS) is 12.5. The molecule has 2 aromatic rings. The number of hydrogen-bond donors (Lipinski definition) is 2. The summed E-state index contributed by atoms with van der Waals surface area (Å²) in [6.45, 7) is 5.77. The van der Waals surface area contributed by atoms with E-state index >= 15 is 0 Å². The van der Waals surface area contributed by atoms with Gasteiger partial charge in [-0.2, -0.15) is 0 Å². The molecule has 0 bridgehead atoms. The molecule has 100 valence electrons. The predicted octanol–water partition coefficient (Wildman–Crippen LogP) is 2.70. The Bertz CT molecular complexity index is 544. The summed E-state index contributed by atoms with van der Waals surface area (Å²) in [5.41, 5.74) is 7.50. The first-order valence-electron chi connectivity index (χ1n) is 6.19. The molecule has 19 heavy (non-hydrogen) atoms. The summed E-state index contributed by atoms with van der Waals surface area (Å²) in [6.07, 6.45) is 0. The third-order valence-electron chi connectivity index (χ3n) is 3.29. The van der Waals surface area contributed by atoms with E-state index in [1.54, 1.807) is 6.07 Å². The summed E-state index contributed by atoms with van der Waals surface area (Å²) < 4.78 is 13.2. The molecule has 0 aliphatic rings. The maximum Gasteiger partial charge on any atom is 0.123 e. The Morgan fingerprint density at radius 3 is 2.37 bits per heavy atom. The van der Waals surface area contributed by atoms with E-state index in [2.05, 4.69) is 10.4 Å². The minimum Gasteiger partial charge on any atom is -0.271 e. The molecule has 0 spiro atoms. The second-order valence-corrected chi connectivity index (χ2v) is 4.73. The lowest BCUT2D eigenvalue weighted by molar-refractivity contribution is 0.609. The van der Waals surface area contributed by atoms with Crippen molar-refractivity contribution in [1.82, 2.24) is 10.4 Å². The van der Waals surface area contributed by atoms with E-state index in [1.165, 1.54) is 12.1 Å². The lowest BCUT2D eigenvalue weighted by Crippen LogP contribution is -2.30. The van der Waals surface area contributed by atoms with Crippen LogP contribution in [0.15, 0.2) is 30.3 Å². The summed E-state index contributed by atoms with van der Waals surface area (Å²) in [5, 5.41) is 0. The van der Waals surface area contributed by atoms with E-state index < -0.39 is 0 Å². The Morgan fingerprint density at radius 1 is 1.11 bits per heavy atom. The second-order valence-electron chi connectivity index (χ2n) is 4.73. The van der Waals surface area contributed by atoms with Crippen LogP contribution in [0.3, 0.4) is 0 Å². The summed E-state index contributed by atoms with van der Waals surface area (Å²) in [6, 6.07) is 8.49. The Balaban J connectivity index is 2.50. The number of rotatable bonds is 3. The molecular weight excluding hydrogens is 241 g/mol. The van der Waals surface area contributed by atoms with Crippen LogP contribution in [0.25, 0.3) is 0 Å². The van der Waals surface area contributed by atoms with Crippen molar-refractivity contribution in [2.24, 2.45) is 5.84 Å². The summed E-state index contributed by atoms with van der Waals surface area (Å²) in [4.78, 5) is 4.45. The van der Waals surface area contributed by atoms with Gasteiger partial charge in [0.05, 0.1) is 6.04 Å². The van der Waals surface area contributed by atoms with Crippen molar-refractivity contribution < 1.29 is 4.39 Å². The molecule has 1 atom stereocenters. The highest BCUT2D eigenvalue weighted by Crippen LogP contribution is 2.26. The SMILES string of the molecule is Cc1ccc(C(NN)c2ccc(F)cc2C)c(C)n1. The molecule has 1 unspecified atom stereocenters. The zero-order chi connectivity index (χ0) is 14.0. The van der Waals surface area contributed by atoms with Gasteiger partial charge in [-0.25, -0.2) is 9.82 Å². The van der Waals surface area contributed by atoms with E-state index in [9.17, 15) is 4.39 Å². The van der Waals surface area contributed by atoms with Crippen LogP contribution in [0.2, 0.25) is 0 Å². The molecule has 3 nitrogen and oxygen atoms in total. The number of pyridine rings is 1. The molecule has 0 aliphatic heterocycles. The van der Waals surface area contributed by atoms with Crippen LogP contribution in [0.5, 0.6) is 0 Å². The molecule has 1 heterocycles. The first-order valence-corrected chi connectivity index (χ1v) is 6.19. The fourth-order valence-corrected chi connectivity index (χ4v) is 2.31. The fourth-order valence-electron chi connectivity index (χ4n) is 2.31. The number of benzene rings is 1. The first-order chi connectivity index (χ1) is 9.02. The highest BCUT2D eigenvalue weighted by molar-refractivity contribution is 5.38. The van der Waals surface area contributed by atoms with E-state index in [0.29, 0.717) is 0 Å². The Kier molecular flexibility index (Phi) is 3.93. The summed E-state index contributed by atoms with van der Waals surface area (Å²) >= 11 is 0. The van der Waals surface area contributed by atoms with Crippen molar-refractivity contribution in [3.8, 4) is 0 Å². The van der Waals surface area contributed by atoms with Gasteiger partial charge >= 0.3 is 0 Å². The third-order valence-corrected chi connectivity index (χ3v) is 3.29. The van der Waals surface area contributed by atoms with Crippen LogP contribution in [0, 0.1) is 26.6 Å². The van der Waals surface area contributed by atoms with Gasteiger partial charge in [-0.1, -0.05) is 12.1 Å². The zero-order valence-electron chi connectivity index (χ0n) is 11.4. The summed E-state index contributed by atoms with van der Waals surface area (Å²) in [7, 11) is 0. The molecule has 0 aliphatic carbocycles. The van der Waals surface area contributed by atoms with Crippen molar-refractivity contribution in [2.75, 3.05) is 0 Å². The van der Waals surface area contributed by atoms with Gasteiger partial charge in [0.15, 0.2) is 0 Å². The molecule has 1 aromatic heterocycles. The van der Waals surface area contributed by atoms with Crippen molar-refractivity contribution >= 4 is 0 Å². The minimum atomic E-state index is -0.240. The molecule has 2 rings (SSSR count). The highest BCUT2D eigenvalue weighted by atomic mass is 19.1. The number of halogens is 1. The molecule has 0 saturated carbocycles. The Morgan fingerprint density at radius 2 is 1.79 bits per heavy atom. The lowest BCUT2D eigenvalue weighted by Gasteiger charge is -2.20. The number of nitrogens with two attached hydrogens (primary N) is 1. The van der Waals surface area contributed by atoms with E-state index in [1.807, 2.05) is 32.9 Å². The van der Waals surface area contributed by atoms with Crippen LogP contribution in [0.4, 0.5) is 4.39 Å². The van der Waals surface area contributed by atoms with Crippen molar-refractivity contribution in [3.05, 3.63) is 64.2 Å². The van der Waals surface area contributed by atoms with Crippen LogP contribution >= 0.6 is 0 Å². The van der Waals surface area contributed by atoms with Gasteiger partial charge in [0.2, 0.25) is 0 Å². The predicted molar refractivity (Wildman–Crippen MR) is 74.0 cm³/mol. The highest BCUT2D eigenvalue weighted by Gasteiger charge is 2.17. The maximum atomic E-state index is 13.2. The molecule has 3 N–H and O–H groups in total. The number of nitrogens with one attached hydrogen (secondary N) is 1. The van der Waals surface area contributed by atoms with Crippen LogP contribution in [-0.4, -0.2) is 4.98 Å². The number of aryl methyl sites for hydroxylation is 3. The van der Waals surface area contributed by atoms with E-state index in [4.69, 9.17) is 5.84 Å². The van der Waals surface area contributed by atoms with Gasteiger partial charge in [-0.15, -0.1) is 0 Å². The van der Waals surface area contributed by atoms with Gasteiger partial charge in [0.25, 0.3) is 0 Å². The smallest absolute Gasteiger partial charge is 0.123 e.